The summed E-state index contributed by atoms with van der Waals surface area (Å²) in [7, 11) is 3.23. The minimum atomic E-state index is -0.819. The number of halogens is 2. The number of hydrogen-bond donors (Lipinski definition) is 1. The van der Waals surface area contributed by atoms with E-state index in [-0.39, 0.29) is 23.8 Å². The van der Waals surface area contributed by atoms with Crippen molar-refractivity contribution in [3.8, 4) is 0 Å². The van der Waals surface area contributed by atoms with Gasteiger partial charge in [0.15, 0.2) is 5.82 Å². The van der Waals surface area contributed by atoms with Crippen LogP contribution in [-0.2, 0) is 4.79 Å². The lowest BCUT2D eigenvalue weighted by atomic mass is 10.2. The number of nitrogen functional groups attached to an aromatic ring is 1. The lowest BCUT2D eigenvalue weighted by Gasteiger charge is -2.25. The zero-order valence-electron chi connectivity index (χ0n) is 10.7. The Morgan fingerprint density at radius 1 is 1.33 bits per heavy atom. The van der Waals surface area contributed by atoms with E-state index in [0.29, 0.717) is 6.54 Å². The fourth-order valence-corrected chi connectivity index (χ4v) is 1.50. The second-order valence-electron chi connectivity index (χ2n) is 4.12. The molecule has 1 rings (SSSR count). The number of hydrogen-bond acceptors (Lipinski definition) is 3. The van der Waals surface area contributed by atoms with E-state index < -0.39 is 11.6 Å². The van der Waals surface area contributed by atoms with E-state index in [4.69, 9.17) is 5.73 Å². The molecule has 0 heterocycles. The minimum Gasteiger partial charge on any atom is -0.395 e. The monoisotopic (exact) mass is 257 g/mol. The van der Waals surface area contributed by atoms with Gasteiger partial charge in [-0.25, -0.2) is 8.78 Å². The van der Waals surface area contributed by atoms with Gasteiger partial charge in [0.1, 0.15) is 5.82 Å². The molecule has 0 spiro atoms. The van der Waals surface area contributed by atoms with Gasteiger partial charge in [-0.15, -0.1) is 0 Å². The quantitative estimate of drug-likeness (QED) is 0.831. The number of carbonyl (C=O) groups is 1. The van der Waals surface area contributed by atoms with E-state index in [1.165, 1.54) is 9.80 Å². The van der Waals surface area contributed by atoms with Gasteiger partial charge in [0.25, 0.3) is 0 Å². The Labute approximate surface area is 105 Å². The Kier molecular flexibility index (Phi) is 4.47. The van der Waals surface area contributed by atoms with Crippen molar-refractivity contribution in [1.29, 1.82) is 0 Å². The molecule has 0 atom stereocenters. The molecule has 0 bridgehead atoms. The number of nitrogens with zero attached hydrogens (tertiary/aromatic N) is 2. The highest BCUT2D eigenvalue weighted by Crippen LogP contribution is 2.27. The summed E-state index contributed by atoms with van der Waals surface area (Å²) in [6, 6.07) is 1.85. The smallest absolute Gasteiger partial charge is 0.241 e. The van der Waals surface area contributed by atoms with Crippen LogP contribution in [0.4, 0.5) is 20.2 Å². The SMILES string of the molecule is CCN(CC(=O)N(C)C)c1cc(F)cc(F)c1N. The molecule has 4 nitrogen and oxygen atoms in total. The molecular weight excluding hydrogens is 240 g/mol. The largest absolute Gasteiger partial charge is 0.395 e. The van der Waals surface area contributed by atoms with Crippen molar-refractivity contribution in [2.45, 2.75) is 6.92 Å². The first kappa shape index (κ1) is 14.2. The highest BCUT2D eigenvalue weighted by molar-refractivity contribution is 5.82. The van der Waals surface area contributed by atoms with E-state index in [2.05, 4.69) is 0 Å². The van der Waals surface area contributed by atoms with Gasteiger partial charge in [-0.05, 0) is 13.0 Å². The Morgan fingerprint density at radius 3 is 2.44 bits per heavy atom. The van der Waals surface area contributed by atoms with Gasteiger partial charge in [0.2, 0.25) is 5.91 Å². The van der Waals surface area contributed by atoms with Crippen molar-refractivity contribution in [3.05, 3.63) is 23.8 Å². The van der Waals surface area contributed by atoms with Crippen LogP contribution in [0.2, 0.25) is 0 Å². The summed E-state index contributed by atoms with van der Waals surface area (Å²) >= 11 is 0. The molecule has 2 N–H and O–H groups in total. The van der Waals surface area contributed by atoms with Crippen LogP contribution in [0.3, 0.4) is 0 Å². The standard InChI is InChI=1S/C12H17F2N3O/c1-4-17(7-11(18)16(2)3)10-6-8(13)5-9(14)12(10)15/h5-6H,4,7,15H2,1-3H3. The number of rotatable bonds is 4. The first-order valence-corrected chi connectivity index (χ1v) is 5.56. The minimum absolute atomic E-state index is 0.0244. The van der Waals surface area contributed by atoms with Crippen LogP contribution in [0.25, 0.3) is 0 Å². The molecule has 18 heavy (non-hydrogen) atoms. The fraction of sp³-hybridized carbons (Fsp3) is 0.417. The number of likely N-dealkylation sites (N-methyl/N-ethyl adjacent to an activating group) is 2. The molecule has 0 aliphatic carbocycles. The highest BCUT2D eigenvalue weighted by atomic mass is 19.1. The number of carbonyl (C=O) groups excluding carboxylic acids is 1. The van der Waals surface area contributed by atoms with Crippen LogP contribution in [0.1, 0.15) is 6.92 Å². The average molecular weight is 257 g/mol. The van der Waals surface area contributed by atoms with Crippen LogP contribution in [0.15, 0.2) is 12.1 Å². The Morgan fingerprint density at radius 2 is 1.94 bits per heavy atom. The molecule has 1 aromatic rings. The summed E-state index contributed by atoms with van der Waals surface area (Å²) in [5.74, 6) is -1.70. The maximum atomic E-state index is 13.3. The van der Waals surface area contributed by atoms with Gasteiger partial charge in [-0.3, -0.25) is 4.79 Å². The van der Waals surface area contributed by atoms with E-state index in [1.807, 2.05) is 0 Å². The van der Waals surface area contributed by atoms with Gasteiger partial charge in [-0.1, -0.05) is 0 Å². The molecule has 0 aromatic heterocycles. The Bertz CT molecular complexity index is 449. The van der Waals surface area contributed by atoms with Gasteiger partial charge < -0.3 is 15.5 Å². The summed E-state index contributed by atoms with van der Waals surface area (Å²) < 4.78 is 26.5. The Balaban J connectivity index is 3.05. The molecule has 0 radical (unpaired) electrons. The van der Waals surface area contributed by atoms with Crippen molar-refractivity contribution < 1.29 is 13.6 Å². The van der Waals surface area contributed by atoms with E-state index >= 15 is 0 Å². The molecule has 0 unspecified atom stereocenters. The van der Waals surface area contributed by atoms with Gasteiger partial charge in [0, 0.05) is 26.7 Å². The van der Waals surface area contributed by atoms with Crippen molar-refractivity contribution >= 4 is 17.3 Å². The average Bonchev–Trinajstić information content (AvgIpc) is 2.30. The zero-order valence-corrected chi connectivity index (χ0v) is 10.7. The Hall–Kier alpha value is -1.85. The zero-order chi connectivity index (χ0) is 13.9. The summed E-state index contributed by atoms with van der Waals surface area (Å²) in [5, 5.41) is 0. The fourth-order valence-electron chi connectivity index (χ4n) is 1.50. The lowest BCUT2D eigenvalue weighted by molar-refractivity contribution is -0.127. The first-order chi connectivity index (χ1) is 8.36. The maximum Gasteiger partial charge on any atom is 0.241 e. The predicted molar refractivity (Wildman–Crippen MR) is 67.4 cm³/mol. The number of nitrogens with two attached hydrogens (primary N) is 1. The molecule has 0 saturated heterocycles. The highest BCUT2D eigenvalue weighted by Gasteiger charge is 2.17. The third-order valence-electron chi connectivity index (χ3n) is 2.62. The normalized spacial score (nSPS) is 10.3. The summed E-state index contributed by atoms with van der Waals surface area (Å²) in [6.07, 6.45) is 0. The van der Waals surface area contributed by atoms with Crippen molar-refractivity contribution in [2.24, 2.45) is 0 Å². The molecule has 6 heteroatoms. The van der Waals surface area contributed by atoms with Crippen LogP contribution in [0.5, 0.6) is 0 Å². The first-order valence-electron chi connectivity index (χ1n) is 5.56. The molecule has 1 aromatic carbocycles. The van der Waals surface area contributed by atoms with Gasteiger partial charge in [-0.2, -0.15) is 0 Å². The number of anilines is 2. The maximum absolute atomic E-state index is 13.3. The topological polar surface area (TPSA) is 49.6 Å². The second kappa shape index (κ2) is 5.66. The molecule has 0 aliphatic heterocycles. The van der Waals surface area contributed by atoms with Gasteiger partial charge >= 0.3 is 0 Å². The summed E-state index contributed by atoms with van der Waals surface area (Å²) in [4.78, 5) is 14.6. The van der Waals surface area contributed by atoms with Gasteiger partial charge in [0.05, 0.1) is 17.9 Å². The van der Waals surface area contributed by atoms with E-state index in [1.54, 1.807) is 21.0 Å². The molecular formula is C12H17F2N3O. The van der Waals surface area contributed by atoms with E-state index in [0.717, 1.165) is 12.1 Å². The molecule has 0 saturated carbocycles. The molecule has 1 amide bonds. The van der Waals surface area contributed by atoms with Crippen LogP contribution >= 0.6 is 0 Å². The van der Waals surface area contributed by atoms with Crippen LogP contribution in [0, 0.1) is 11.6 Å². The van der Waals surface area contributed by atoms with Crippen molar-refractivity contribution in [1.82, 2.24) is 4.90 Å². The number of amides is 1. The second-order valence-corrected chi connectivity index (χ2v) is 4.12. The van der Waals surface area contributed by atoms with Crippen molar-refractivity contribution in [2.75, 3.05) is 37.8 Å². The molecule has 0 fully saturated rings. The third-order valence-corrected chi connectivity index (χ3v) is 2.62. The predicted octanol–water partition coefficient (Wildman–Crippen LogP) is 1.46. The molecule has 0 aliphatic rings. The molecule has 100 valence electrons. The van der Waals surface area contributed by atoms with E-state index in [9.17, 15) is 13.6 Å². The van der Waals surface area contributed by atoms with Crippen LogP contribution in [-0.4, -0.2) is 38.0 Å². The summed E-state index contributed by atoms with van der Waals surface area (Å²) in [6.45, 7) is 2.23. The number of benzene rings is 1. The van der Waals surface area contributed by atoms with Crippen molar-refractivity contribution in [3.63, 3.8) is 0 Å². The third kappa shape index (κ3) is 3.09. The lowest BCUT2D eigenvalue weighted by Crippen LogP contribution is -2.37. The van der Waals surface area contributed by atoms with Crippen LogP contribution < -0.4 is 10.6 Å². The summed E-state index contributed by atoms with van der Waals surface area (Å²) in [5.41, 5.74) is 5.62.